The van der Waals surface area contributed by atoms with Gasteiger partial charge in [0.25, 0.3) is 0 Å². The zero-order chi connectivity index (χ0) is 13.8. The molecule has 2 aromatic carbocycles. The van der Waals surface area contributed by atoms with Crippen LogP contribution in [0, 0.1) is 0 Å². The van der Waals surface area contributed by atoms with Crippen molar-refractivity contribution in [3.05, 3.63) is 69.7 Å². The summed E-state index contributed by atoms with van der Waals surface area (Å²) in [6.07, 6.45) is 1.00. The Hall–Kier alpha value is -0.600. The first-order valence-electron chi connectivity index (χ1n) is 6.54. The summed E-state index contributed by atoms with van der Waals surface area (Å²) < 4.78 is 1.14. The average molecular weight is 382 g/mol. The van der Waals surface area contributed by atoms with Crippen LogP contribution in [0.1, 0.15) is 41.3 Å². The van der Waals surface area contributed by atoms with Crippen LogP contribution in [-0.2, 0) is 6.42 Å². The molecular weight excluding hydrogens is 364 g/mol. The fourth-order valence-electron chi connectivity index (χ4n) is 2.08. The molecular formula is C17H18Br2. The summed E-state index contributed by atoms with van der Waals surface area (Å²) in [6, 6.07) is 17.4. The van der Waals surface area contributed by atoms with Crippen LogP contribution in [0.25, 0.3) is 0 Å². The maximum absolute atomic E-state index is 3.79. The first kappa shape index (κ1) is 14.8. The Bertz CT molecular complexity index is 529. The Morgan fingerprint density at radius 3 is 2.16 bits per heavy atom. The Balaban J connectivity index is 2.09. The van der Waals surface area contributed by atoms with Crippen molar-refractivity contribution in [2.24, 2.45) is 0 Å². The van der Waals surface area contributed by atoms with Gasteiger partial charge in [-0.2, -0.15) is 0 Å². The molecule has 2 heteroatoms. The van der Waals surface area contributed by atoms with E-state index in [1.807, 2.05) is 0 Å². The van der Waals surface area contributed by atoms with Gasteiger partial charge in [0.1, 0.15) is 0 Å². The van der Waals surface area contributed by atoms with Gasteiger partial charge in [0.05, 0.1) is 0 Å². The molecule has 0 radical (unpaired) electrons. The Morgan fingerprint density at radius 1 is 0.947 bits per heavy atom. The molecule has 0 amide bonds. The van der Waals surface area contributed by atoms with Gasteiger partial charge in [0.2, 0.25) is 0 Å². The summed E-state index contributed by atoms with van der Waals surface area (Å²) in [7, 11) is 0. The van der Waals surface area contributed by atoms with Crippen LogP contribution in [0.5, 0.6) is 0 Å². The molecule has 0 heterocycles. The molecule has 1 atom stereocenters. The third-order valence-corrected chi connectivity index (χ3v) is 4.61. The second-order valence-electron chi connectivity index (χ2n) is 5.12. The van der Waals surface area contributed by atoms with E-state index in [-0.39, 0.29) is 0 Å². The topological polar surface area (TPSA) is 0 Å². The van der Waals surface area contributed by atoms with Gasteiger partial charge in [0.15, 0.2) is 0 Å². The predicted molar refractivity (Wildman–Crippen MR) is 90.0 cm³/mol. The lowest BCUT2D eigenvalue weighted by Gasteiger charge is -2.12. The number of alkyl halides is 1. The highest BCUT2D eigenvalue weighted by atomic mass is 79.9. The van der Waals surface area contributed by atoms with Gasteiger partial charge >= 0.3 is 0 Å². The van der Waals surface area contributed by atoms with E-state index in [9.17, 15) is 0 Å². The second kappa shape index (κ2) is 6.71. The van der Waals surface area contributed by atoms with Crippen molar-refractivity contribution in [2.75, 3.05) is 0 Å². The Kier molecular flexibility index (Phi) is 5.23. The van der Waals surface area contributed by atoms with Gasteiger partial charge in [-0.15, -0.1) is 0 Å². The Morgan fingerprint density at radius 2 is 1.58 bits per heavy atom. The monoisotopic (exact) mass is 380 g/mol. The minimum Gasteiger partial charge on any atom is -0.0835 e. The van der Waals surface area contributed by atoms with Crippen molar-refractivity contribution in [3.8, 4) is 0 Å². The van der Waals surface area contributed by atoms with Gasteiger partial charge < -0.3 is 0 Å². The molecule has 2 rings (SSSR count). The molecule has 0 saturated heterocycles. The van der Waals surface area contributed by atoms with Crippen molar-refractivity contribution < 1.29 is 0 Å². The molecule has 100 valence electrons. The summed E-state index contributed by atoms with van der Waals surface area (Å²) in [5.41, 5.74) is 4.07. The van der Waals surface area contributed by atoms with Crippen LogP contribution >= 0.6 is 31.9 Å². The summed E-state index contributed by atoms with van der Waals surface area (Å²) in [6.45, 7) is 4.45. The zero-order valence-electron chi connectivity index (χ0n) is 11.2. The molecule has 0 aliphatic rings. The standard InChI is InChI=1S/C17H18Br2/c1-12(2)14-6-8-15(9-7-14)17(19)11-13-4-3-5-16(18)10-13/h3-10,12,17H,11H2,1-2H3. The third-order valence-electron chi connectivity index (χ3n) is 3.27. The molecule has 0 aliphatic heterocycles. The van der Waals surface area contributed by atoms with Crippen LogP contribution in [0.2, 0.25) is 0 Å². The first-order valence-corrected chi connectivity index (χ1v) is 8.25. The van der Waals surface area contributed by atoms with Crippen LogP contribution in [0.15, 0.2) is 53.0 Å². The van der Waals surface area contributed by atoms with Crippen molar-refractivity contribution in [3.63, 3.8) is 0 Å². The molecule has 0 nitrogen and oxygen atoms in total. The minimum absolute atomic E-state index is 0.364. The third kappa shape index (κ3) is 4.19. The van der Waals surface area contributed by atoms with E-state index < -0.39 is 0 Å². The molecule has 0 spiro atoms. The molecule has 0 bridgehead atoms. The van der Waals surface area contributed by atoms with E-state index in [2.05, 4.69) is 94.2 Å². The predicted octanol–water partition coefficient (Wildman–Crippen LogP) is 6.25. The van der Waals surface area contributed by atoms with Crippen LogP contribution in [-0.4, -0.2) is 0 Å². The number of hydrogen-bond donors (Lipinski definition) is 0. The Labute approximate surface area is 132 Å². The van der Waals surface area contributed by atoms with E-state index in [1.54, 1.807) is 0 Å². The normalized spacial score (nSPS) is 12.7. The lowest BCUT2D eigenvalue weighted by molar-refractivity contribution is 0.862. The molecule has 19 heavy (non-hydrogen) atoms. The van der Waals surface area contributed by atoms with E-state index in [1.165, 1.54) is 16.7 Å². The van der Waals surface area contributed by atoms with E-state index >= 15 is 0 Å². The smallest absolute Gasteiger partial charge is 0.0435 e. The van der Waals surface area contributed by atoms with Gasteiger partial charge in [0, 0.05) is 9.30 Å². The van der Waals surface area contributed by atoms with E-state index in [4.69, 9.17) is 0 Å². The lowest BCUT2D eigenvalue weighted by Crippen LogP contribution is -1.96. The molecule has 1 unspecified atom stereocenters. The highest BCUT2D eigenvalue weighted by Gasteiger charge is 2.09. The molecule has 0 aromatic heterocycles. The maximum atomic E-state index is 3.79. The molecule has 0 aliphatic carbocycles. The van der Waals surface area contributed by atoms with Gasteiger partial charge in [-0.05, 0) is 41.2 Å². The van der Waals surface area contributed by atoms with E-state index in [0.717, 1.165) is 10.9 Å². The number of rotatable bonds is 4. The van der Waals surface area contributed by atoms with Crippen LogP contribution < -0.4 is 0 Å². The zero-order valence-corrected chi connectivity index (χ0v) is 14.4. The van der Waals surface area contributed by atoms with Crippen molar-refractivity contribution in [1.29, 1.82) is 0 Å². The van der Waals surface area contributed by atoms with Gasteiger partial charge in [-0.25, -0.2) is 0 Å². The summed E-state index contributed by atoms with van der Waals surface area (Å²) in [5.74, 6) is 0.591. The van der Waals surface area contributed by atoms with Crippen LogP contribution in [0.4, 0.5) is 0 Å². The van der Waals surface area contributed by atoms with Crippen molar-refractivity contribution >= 4 is 31.9 Å². The fraction of sp³-hybridized carbons (Fsp3) is 0.294. The number of halogens is 2. The summed E-state index contributed by atoms with van der Waals surface area (Å²) in [5, 5.41) is 0. The second-order valence-corrected chi connectivity index (χ2v) is 7.14. The molecule has 0 fully saturated rings. The first-order chi connectivity index (χ1) is 9.06. The number of benzene rings is 2. The van der Waals surface area contributed by atoms with Gasteiger partial charge in [-0.1, -0.05) is 82.1 Å². The highest BCUT2D eigenvalue weighted by Crippen LogP contribution is 2.29. The quantitative estimate of drug-likeness (QED) is 0.549. The average Bonchev–Trinajstić information content (AvgIpc) is 2.39. The fourth-order valence-corrected chi connectivity index (χ4v) is 3.20. The maximum Gasteiger partial charge on any atom is 0.0435 e. The largest absolute Gasteiger partial charge is 0.0835 e. The van der Waals surface area contributed by atoms with Crippen LogP contribution in [0.3, 0.4) is 0 Å². The SMILES string of the molecule is CC(C)c1ccc(C(Br)Cc2cccc(Br)c2)cc1. The van der Waals surface area contributed by atoms with Gasteiger partial charge in [-0.3, -0.25) is 0 Å². The number of hydrogen-bond acceptors (Lipinski definition) is 0. The molecule has 0 saturated carbocycles. The molecule has 0 N–H and O–H groups in total. The summed E-state index contributed by atoms with van der Waals surface area (Å²) in [4.78, 5) is 0.364. The highest BCUT2D eigenvalue weighted by molar-refractivity contribution is 9.10. The lowest BCUT2D eigenvalue weighted by atomic mass is 9.99. The van der Waals surface area contributed by atoms with Crippen molar-refractivity contribution in [1.82, 2.24) is 0 Å². The summed E-state index contributed by atoms with van der Waals surface area (Å²) >= 11 is 7.31. The molecule has 2 aromatic rings. The minimum atomic E-state index is 0.364. The van der Waals surface area contributed by atoms with E-state index in [0.29, 0.717) is 10.7 Å². The van der Waals surface area contributed by atoms with Crippen molar-refractivity contribution in [2.45, 2.75) is 31.0 Å².